The van der Waals surface area contributed by atoms with Crippen molar-refractivity contribution in [1.82, 2.24) is 0 Å². The van der Waals surface area contributed by atoms with Crippen molar-refractivity contribution in [2.24, 2.45) is 5.16 Å². The van der Waals surface area contributed by atoms with Crippen LogP contribution in [-0.2, 0) is 0 Å². The number of nitriles is 2. The quantitative estimate of drug-likeness (QED) is 0.200. The molecule has 34 valence electrons. The molecule has 0 aromatic carbocycles. The molecule has 0 atom stereocenters. The summed E-state index contributed by atoms with van der Waals surface area (Å²) in [5.41, 5.74) is -0.639. The Bertz CT molecular complexity index is 146. The molecule has 0 aliphatic rings. The molecule has 0 aliphatic carbocycles. The number of nitrogens with zero attached hydrogens (tertiary/aromatic N) is 3. The predicted octanol–water partition coefficient (Wildman–Crippen LogP) is -3.02. The van der Waals surface area contributed by atoms with Crippen molar-refractivity contribution in [1.29, 1.82) is 10.5 Å². The topological polar surface area (TPSA) is 83.0 Å². The first-order valence-electron chi connectivity index (χ1n) is 1.35. The Labute approximate surface area is 88.8 Å². The molecule has 0 unspecified atom stereocenters. The van der Waals surface area contributed by atoms with Crippen LogP contribution in [-0.4, -0.2) is 5.71 Å². The molecule has 0 amide bonds. The van der Waals surface area contributed by atoms with Crippen LogP contribution >= 0.6 is 0 Å². The van der Waals surface area contributed by atoms with Gasteiger partial charge in [0.2, 0.25) is 5.71 Å². The molecule has 0 saturated carbocycles. The average molecular weight is 133 g/mol. The molecule has 0 N–H and O–H groups in total. The van der Waals surface area contributed by atoms with Gasteiger partial charge in [0, 0.05) is 0 Å². The Hall–Kier alpha value is 0.0864. The van der Waals surface area contributed by atoms with E-state index in [1.165, 1.54) is 12.1 Å². The zero-order valence-corrected chi connectivity index (χ0v) is 7.37. The maximum atomic E-state index is 9.24. The first-order chi connectivity index (χ1) is 3.35. The van der Waals surface area contributed by atoms with Crippen LogP contribution in [0, 0.1) is 27.9 Å². The van der Waals surface area contributed by atoms with E-state index in [1.807, 2.05) is 0 Å². The predicted molar refractivity (Wildman–Crippen MR) is 22.0 cm³/mol. The van der Waals surface area contributed by atoms with Crippen LogP contribution in [0.15, 0.2) is 5.16 Å². The van der Waals surface area contributed by atoms with E-state index >= 15 is 0 Å². The van der Waals surface area contributed by atoms with Gasteiger partial charge in [0.1, 0.15) is 12.1 Å². The van der Waals surface area contributed by atoms with Crippen molar-refractivity contribution in [3.05, 3.63) is 5.21 Å². The van der Waals surface area contributed by atoms with Gasteiger partial charge in [0.05, 0.1) is 0 Å². The van der Waals surface area contributed by atoms with Crippen LogP contribution in [0.25, 0.3) is 0 Å². The average Bonchev–Trinajstić information content (AvgIpc) is 1.72. The maximum Gasteiger partial charge on any atom is 1.00 e. The van der Waals surface area contributed by atoms with Crippen LogP contribution in [0.2, 0.25) is 0 Å². The number of rotatable bonds is 0. The molecular weight excluding hydrogens is 133 g/mol. The molecule has 0 aromatic heterocycles. The second-order valence-electron chi connectivity index (χ2n) is 0.664. The first kappa shape index (κ1) is 11.0. The molecule has 0 aromatic rings. The van der Waals surface area contributed by atoms with E-state index in [0.717, 1.165) is 0 Å². The standard InChI is InChI=1S/C3HN3O.K/c4-1-3(2-5)6-7;/h7H;/q;+1/p-1. The summed E-state index contributed by atoms with van der Waals surface area (Å²) in [5, 5.41) is 26.8. The van der Waals surface area contributed by atoms with E-state index in [9.17, 15) is 5.21 Å². The number of hydrogen-bond acceptors (Lipinski definition) is 4. The van der Waals surface area contributed by atoms with Crippen LogP contribution in [0.3, 0.4) is 0 Å². The molecule has 8 heavy (non-hydrogen) atoms. The molecule has 0 rings (SSSR count). The molecule has 0 radical (unpaired) electrons. The van der Waals surface area contributed by atoms with Crippen LogP contribution in [0.4, 0.5) is 0 Å². The molecule has 0 bridgehead atoms. The van der Waals surface area contributed by atoms with Gasteiger partial charge < -0.3 is 5.21 Å². The summed E-state index contributed by atoms with van der Waals surface area (Å²) in [6, 6.07) is 2.56. The Morgan fingerprint density at radius 1 is 1.38 bits per heavy atom. The van der Waals surface area contributed by atoms with Gasteiger partial charge in [-0.15, -0.1) is 0 Å². The fourth-order valence-corrected chi connectivity index (χ4v) is 0.0658. The summed E-state index contributed by atoms with van der Waals surface area (Å²) in [7, 11) is 0. The molecule has 0 spiro atoms. The minimum Gasteiger partial charge on any atom is -0.790 e. The van der Waals surface area contributed by atoms with E-state index in [1.54, 1.807) is 0 Å². The summed E-state index contributed by atoms with van der Waals surface area (Å²) in [5.74, 6) is 0. The van der Waals surface area contributed by atoms with Gasteiger partial charge in [-0.2, -0.15) is 10.5 Å². The second kappa shape index (κ2) is 7.09. The van der Waals surface area contributed by atoms with Gasteiger partial charge in [-0.05, 0) is 0 Å². The van der Waals surface area contributed by atoms with Gasteiger partial charge >= 0.3 is 51.4 Å². The van der Waals surface area contributed by atoms with Crippen LogP contribution < -0.4 is 51.4 Å². The number of hydrogen-bond donors (Lipinski definition) is 0. The molecule has 4 nitrogen and oxygen atoms in total. The Balaban J connectivity index is 0. The van der Waals surface area contributed by atoms with E-state index < -0.39 is 5.71 Å². The zero-order chi connectivity index (χ0) is 5.70. The van der Waals surface area contributed by atoms with Crippen molar-refractivity contribution in [2.45, 2.75) is 0 Å². The minimum absolute atomic E-state index is 0. The van der Waals surface area contributed by atoms with Crippen LogP contribution in [0.5, 0.6) is 0 Å². The van der Waals surface area contributed by atoms with Gasteiger partial charge in [-0.1, -0.05) is 0 Å². The van der Waals surface area contributed by atoms with E-state index in [0.29, 0.717) is 0 Å². The van der Waals surface area contributed by atoms with Gasteiger partial charge in [0.25, 0.3) is 0 Å². The van der Waals surface area contributed by atoms with Crippen molar-refractivity contribution < 1.29 is 51.4 Å². The fraction of sp³-hybridized carbons (Fsp3) is 0. The normalized spacial score (nSPS) is 4.75. The third kappa shape index (κ3) is 4.25. The van der Waals surface area contributed by atoms with Crippen molar-refractivity contribution in [3.8, 4) is 12.1 Å². The van der Waals surface area contributed by atoms with Crippen molar-refractivity contribution in [2.75, 3.05) is 0 Å². The minimum atomic E-state index is -0.639. The fourth-order valence-electron chi connectivity index (χ4n) is 0.0658. The van der Waals surface area contributed by atoms with Gasteiger partial charge in [-0.25, -0.2) is 0 Å². The van der Waals surface area contributed by atoms with E-state index in [-0.39, 0.29) is 51.4 Å². The van der Waals surface area contributed by atoms with Crippen LogP contribution in [0.1, 0.15) is 0 Å². The summed E-state index contributed by atoms with van der Waals surface area (Å²) in [6.07, 6.45) is 0. The van der Waals surface area contributed by atoms with E-state index in [4.69, 9.17) is 10.5 Å². The molecule has 0 heterocycles. The summed E-state index contributed by atoms with van der Waals surface area (Å²) in [4.78, 5) is 0. The monoisotopic (exact) mass is 133 g/mol. The zero-order valence-electron chi connectivity index (χ0n) is 4.25. The van der Waals surface area contributed by atoms with Gasteiger partial charge in [-0.3, -0.25) is 5.16 Å². The third-order valence-electron chi connectivity index (χ3n) is 0.303. The Morgan fingerprint density at radius 3 is 1.75 bits per heavy atom. The summed E-state index contributed by atoms with van der Waals surface area (Å²) in [6.45, 7) is 0. The van der Waals surface area contributed by atoms with Crippen molar-refractivity contribution >= 4 is 5.71 Å². The van der Waals surface area contributed by atoms with Gasteiger partial charge in [0.15, 0.2) is 0 Å². The van der Waals surface area contributed by atoms with E-state index in [2.05, 4.69) is 5.16 Å². The molecule has 0 aliphatic heterocycles. The Kier molecular flexibility index (Phi) is 9.71. The van der Waals surface area contributed by atoms with Crippen molar-refractivity contribution in [3.63, 3.8) is 0 Å². The molecule has 0 fully saturated rings. The second-order valence-corrected chi connectivity index (χ2v) is 0.664. The maximum absolute atomic E-state index is 9.24. The Morgan fingerprint density at radius 2 is 1.75 bits per heavy atom. The largest absolute Gasteiger partial charge is 1.00 e. The summed E-state index contributed by atoms with van der Waals surface area (Å²) >= 11 is 0. The molecular formula is C3KN3O. The molecule has 0 saturated heterocycles. The third-order valence-corrected chi connectivity index (χ3v) is 0.303. The first-order valence-corrected chi connectivity index (χ1v) is 1.35. The SMILES string of the molecule is N#CC(C#N)=N[O-].[K+]. The molecule has 5 heteroatoms. The smallest absolute Gasteiger partial charge is 0.790 e. The summed E-state index contributed by atoms with van der Waals surface area (Å²) < 4.78 is 0.